The zero-order valence-electron chi connectivity index (χ0n) is 9.48. The summed E-state index contributed by atoms with van der Waals surface area (Å²) < 4.78 is 0.909. The van der Waals surface area contributed by atoms with Crippen molar-refractivity contribution in [2.24, 2.45) is 5.73 Å². The van der Waals surface area contributed by atoms with E-state index in [2.05, 4.69) is 21.4 Å². The topological polar surface area (TPSA) is 78.6 Å². The van der Waals surface area contributed by atoms with Gasteiger partial charge in [0.25, 0.3) is 0 Å². The van der Waals surface area contributed by atoms with E-state index in [1.807, 2.05) is 23.2 Å². The summed E-state index contributed by atoms with van der Waals surface area (Å²) in [5, 5.41) is 11.1. The van der Waals surface area contributed by atoms with Crippen molar-refractivity contribution in [3.8, 4) is 0 Å². The first kappa shape index (κ1) is 11.4. The van der Waals surface area contributed by atoms with Crippen LogP contribution >= 0.6 is 15.9 Å². The van der Waals surface area contributed by atoms with Crippen molar-refractivity contribution < 1.29 is 9.90 Å². The lowest BCUT2D eigenvalue weighted by Gasteiger charge is -2.34. The van der Waals surface area contributed by atoms with E-state index < -0.39 is 5.97 Å². The molecule has 0 bridgehead atoms. The predicted molar refractivity (Wildman–Crippen MR) is 71.5 cm³/mol. The van der Waals surface area contributed by atoms with E-state index in [1.165, 1.54) is 0 Å². The first-order valence-corrected chi connectivity index (χ1v) is 6.46. The van der Waals surface area contributed by atoms with E-state index in [9.17, 15) is 9.90 Å². The Kier molecular flexibility index (Phi) is 2.48. The summed E-state index contributed by atoms with van der Waals surface area (Å²) in [5.74, 6) is -1.04. The van der Waals surface area contributed by atoms with E-state index in [1.54, 1.807) is 0 Å². The third-order valence-corrected chi connectivity index (χ3v) is 3.79. The molecule has 1 heterocycles. The van der Waals surface area contributed by atoms with Gasteiger partial charge in [-0.25, -0.2) is 4.79 Å². The number of aliphatic carboxylic acids is 1. The number of carbonyl (C=O) groups is 1. The van der Waals surface area contributed by atoms with E-state index in [0.29, 0.717) is 6.04 Å². The molecular weight excluding hydrogens is 298 g/mol. The Hall–Kier alpha value is -1.69. The van der Waals surface area contributed by atoms with E-state index in [-0.39, 0.29) is 11.4 Å². The second kappa shape index (κ2) is 3.91. The van der Waals surface area contributed by atoms with Crippen molar-refractivity contribution in [2.75, 3.05) is 5.01 Å². The highest BCUT2D eigenvalue weighted by atomic mass is 79.9. The van der Waals surface area contributed by atoms with Crippen molar-refractivity contribution >= 4 is 33.3 Å². The van der Waals surface area contributed by atoms with Crippen LogP contribution in [0.2, 0.25) is 0 Å². The fraction of sp³-hybridized carbons (Fsp3) is 0.250. The van der Waals surface area contributed by atoms with Crippen LogP contribution in [0.25, 0.3) is 5.70 Å². The SMILES string of the molecule is NC1=C(C(=O)O)NN(C2CC2)c2c(Br)cccc21. The molecule has 0 spiro atoms. The number of nitrogens with two attached hydrogens (primary N) is 1. The van der Waals surface area contributed by atoms with Crippen LogP contribution in [0.4, 0.5) is 5.69 Å². The number of benzene rings is 1. The number of rotatable bonds is 2. The van der Waals surface area contributed by atoms with Gasteiger partial charge >= 0.3 is 5.97 Å². The number of anilines is 1. The summed E-state index contributed by atoms with van der Waals surface area (Å²) in [5.41, 5.74) is 10.9. The van der Waals surface area contributed by atoms with E-state index in [4.69, 9.17) is 5.73 Å². The monoisotopic (exact) mass is 309 g/mol. The normalized spacial score (nSPS) is 18.4. The molecule has 18 heavy (non-hydrogen) atoms. The molecule has 94 valence electrons. The highest BCUT2D eigenvalue weighted by molar-refractivity contribution is 9.10. The largest absolute Gasteiger partial charge is 0.476 e. The minimum absolute atomic E-state index is 0.0486. The third-order valence-electron chi connectivity index (χ3n) is 3.15. The van der Waals surface area contributed by atoms with Gasteiger partial charge in [-0.2, -0.15) is 0 Å². The highest BCUT2D eigenvalue weighted by Gasteiger charge is 2.37. The fourth-order valence-electron chi connectivity index (χ4n) is 2.12. The minimum Gasteiger partial charge on any atom is -0.476 e. The van der Waals surface area contributed by atoms with Crippen molar-refractivity contribution in [1.82, 2.24) is 5.43 Å². The molecule has 1 aromatic rings. The quantitative estimate of drug-likeness (QED) is 0.774. The minimum atomic E-state index is -1.04. The first-order chi connectivity index (χ1) is 8.59. The number of hydrazine groups is 1. The summed E-state index contributed by atoms with van der Waals surface area (Å²) in [6.45, 7) is 0. The molecule has 1 aliphatic heterocycles. The van der Waals surface area contributed by atoms with Crippen LogP contribution in [-0.2, 0) is 4.79 Å². The standard InChI is InChI=1S/C12H12BrN3O2/c13-8-3-1-2-7-9(14)10(12(17)18)15-16(11(7)8)6-4-5-6/h1-3,6,15H,4-5,14H2,(H,17,18). The Morgan fingerprint density at radius 3 is 2.83 bits per heavy atom. The molecule has 0 saturated heterocycles. The molecule has 1 aromatic carbocycles. The second-order valence-corrected chi connectivity index (χ2v) is 5.30. The van der Waals surface area contributed by atoms with Gasteiger partial charge in [0.15, 0.2) is 5.70 Å². The number of carboxylic acids is 1. The van der Waals surface area contributed by atoms with Crippen LogP contribution in [0.15, 0.2) is 28.4 Å². The predicted octanol–water partition coefficient (Wildman–Crippen LogP) is 1.65. The molecule has 0 aromatic heterocycles. The number of carboxylic acid groups (broad SMARTS) is 1. The van der Waals surface area contributed by atoms with Gasteiger partial charge in [-0.3, -0.25) is 10.4 Å². The summed E-state index contributed by atoms with van der Waals surface area (Å²) in [7, 11) is 0. The van der Waals surface area contributed by atoms with Gasteiger partial charge in [0.05, 0.1) is 17.4 Å². The number of hydrogen-bond acceptors (Lipinski definition) is 4. The summed E-state index contributed by atoms with van der Waals surface area (Å²) in [6, 6.07) is 5.96. The lowest BCUT2D eigenvalue weighted by Crippen LogP contribution is -2.46. The molecule has 3 rings (SSSR count). The molecule has 0 atom stereocenters. The maximum Gasteiger partial charge on any atom is 0.355 e. The van der Waals surface area contributed by atoms with E-state index >= 15 is 0 Å². The van der Waals surface area contributed by atoms with Crippen LogP contribution in [0.5, 0.6) is 0 Å². The Bertz CT molecular complexity index is 566. The molecule has 6 heteroatoms. The average Bonchev–Trinajstić information content (AvgIpc) is 3.14. The summed E-state index contributed by atoms with van der Waals surface area (Å²) in [6.07, 6.45) is 2.11. The van der Waals surface area contributed by atoms with Gasteiger partial charge in [0.2, 0.25) is 0 Å². The lowest BCUT2D eigenvalue weighted by atomic mass is 10.1. The van der Waals surface area contributed by atoms with Crippen LogP contribution < -0.4 is 16.2 Å². The molecular formula is C12H12BrN3O2. The van der Waals surface area contributed by atoms with Crippen molar-refractivity contribution in [1.29, 1.82) is 0 Å². The number of nitrogens with one attached hydrogen (secondary N) is 1. The molecule has 5 nitrogen and oxygen atoms in total. The van der Waals surface area contributed by atoms with Gasteiger partial charge < -0.3 is 10.8 Å². The first-order valence-electron chi connectivity index (χ1n) is 5.67. The molecule has 1 fully saturated rings. The third kappa shape index (κ3) is 1.64. The van der Waals surface area contributed by atoms with Crippen molar-refractivity contribution in [2.45, 2.75) is 18.9 Å². The fourth-order valence-corrected chi connectivity index (χ4v) is 2.68. The Balaban J connectivity index is 2.19. The maximum absolute atomic E-state index is 11.2. The molecule has 1 aliphatic carbocycles. The Morgan fingerprint density at radius 2 is 2.22 bits per heavy atom. The number of fused-ring (bicyclic) bond motifs is 1. The zero-order chi connectivity index (χ0) is 12.9. The van der Waals surface area contributed by atoms with Gasteiger partial charge in [-0.15, -0.1) is 0 Å². The van der Waals surface area contributed by atoms with Gasteiger partial charge in [-0.05, 0) is 34.8 Å². The highest BCUT2D eigenvalue weighted by Crippen LogP contribution is 2.41. The molecule has 4 N–H and O–H groups in total. The van der Waals surface area contributed by atoms with Gasteiger partial charge in [0, 0.05) is 10.0 Å². The van der Waals surface area contributed by atoms with Crippen molar-refractivity contribution in [3.63, 3.8) is 0 Å². The number of para-hydroxylation sites is 1. The zero-order valence-corrected chi connectivity index (χ0v) is 11.1. The van der Waals surface area contributed by atoms with Gasteiger partial charge in [-0.1, -0.05) is 12.1 Å². The number of nitrogens with zero attached hydrogens (tertiary/aromatic N) is 1. The maximum atomic E-state index is 11.2. The number of hydrogen-bond donors (Lipinski definition) is 3. The average molecular weight is 310 g/mol. The Labute approximate surface area is 112 Å². The molecule has 0 radical (unpaired) electrons. The van der Waals surface area contributed by atoms with Gasteiger partial charge in [0.1, 0.15) is 0 Å². The van der Waals surface area contributed by atoms with Crippen LogP contribution in [0.3, 0.4) is 0 Å². The van der Waals surface area contributed by atoms with Crippen LogP contribution in [-0.4, -0.2) is 17.1 Å². The summed E-state index contributed by atoms with van der Waals surface area (Å²) >= 11 is 3.50. The number of halogens is 1. The Morgan fingerprint density at radius 1 is 1.50 bits per heavy atom. The van der Waals surface area contributed by atoms with Crippen molar-refractivity contribution in [3.05, 3.63) is 33.9 Å². The second-order valence-electron chi connectivity index (χ2n) is 4.44. The van der Waals surface area contributed by atoms with Crippen LogP contribution in [0, 0.1) is 0 Å². The summed E-state index contributed by atoms with van der Waals surface area (Å²) in [4.78, 5) is 11.2. The molecule has 1 saturated carbocycles. The molecule has 0 unspecified atom stereocenters. The lowest BCUT2D eigenvalue weighted by molar-refractivity contribution is -0.133. The smallest absolute Gasteiger partial charge is 0.355 e. The molecule has 0 amide bonds. The van der Waals surface area contributed by atoms with E-state index in [0.717, 1.165) is 28.6 Å². The van der Waals surface area contributed by atoms with Crippen LogP contribution in [0.1, 0.15) is 18.4 Å². The molecule has 2 aliphatic rings.